The zero-order valence-electron chi connectivity index (χ0n) is 11.5. The van der Waals surface area contributed by atoms with Crippen molar-refractivity contribution in [1.29, 1.82) is 0 Å². The number of aromatic nitrogens is 5. The maximum atomic E-state index is 12.4. The lowest BCUT2D eigenvalue weighted by Gasteiger charge is -2.03. The van der Waals surface area contributed by atoms with Crippen molar-refractivity contribution in [2.45, 2.75) is 13.0 Å². The largest absolute Gasteiger partial charge is 0.484 e. The second-order valence-electron chi connectivity index (χ2n) is 4.42. The lowest BCUT2D eigenvalue weighted by Crippen LogP contribution is -1.97. The molecule has 3 aromatic heterocycles. The van der Waals surface area contributed by atoms with Gasteiger partial charge in [-0.1, -0.05) is 0 Å². The van der Waals surface area contributed by atoms with E-state index in [4.69, 9.17) is 9.15 Å². The summed E-state index contributed by atoms with van der Waals surface area (Å²) in [4.78, 5) is 4.16. The van der Waals surface area contributed by atoms with Crippen LogP contribution in [-0.2, 0) is 13.7 Å². The molecule has 0 amide bonds. The fourth-order valence-electron chi connectivity index (χ4n) is 1.71. The molecule has 0 unspecified atom stereocenters. The molecular weight excluding hydrogens is 296 g/mol. The van der Waals surface area contributed by atoms with E-state index in [0.717, 1.165) is 0 Å². The highest BCUT2D eigenvalue weighted by atomic mass is 19.3. The predicted octanol–water partition coefficient (Wildman–Crippen LogP) is 2.38. The van der Waals surface area contributed by atoms with Gasteiger partial charge in [-0.3, -0.25) is 9.67 Å². The average molecular weight is 307 g/mol. The summed E-state index contributed by atoms with van der Waals surface area (Å²) in [7, 11) is 1.79. The van der Waals surface area contributed by atoms with E-state index in [1.54, 1.807) is 36.3 Å². The van der Waals surface area contributed by atoms with Crippen LogP contribution < -0.4 is 4.74 Å². The van der Waals surface area contributed by atoms with Crippen LogP contribution in [0.5, 0.6) is 5.75 Å². The van der Waals surface area contributed by atoms with E-state index < -0.39 is 12.3 Å². The van der Waals surface area contributed by atoms with E-state index in [9.17, 15) is 8.78 Å². The molecule has 114 valence electrons. The highest BCUT2D eigenvalue weighted by Gasteiger charge is 2.17. The molecule has 0 radical (unpaired) electrons. The minimum absolute atomic E-state index is 0.00234. The number of pyridine rings is 1. The number of aryl methyl sites for hydroxylation is 1. The van der Waals surface area contributed by atoms with Crippen molar-refractivity contribution in [3.63, 3.8) is 0 Å². The Morgan fingerprint density at radius 1 is 1.27 bits per heavy atom. The molecule has 22 heavy (non-hydrogen) atoms. The number of rotatable bonds is 5. The molecule has 3 aromatic rings. The quantitative estimate of drug-likeness (QED) is 0.720. The minimum atomic E-state index is -2.79. The van der Waals surface area contributed by atoms with Gasteiger partial charge in [0.15, 0.2) is 5.75 Å². The first-order chi connectivity index (χ1) is 10.6. The molecule has 0 N–H and O–H groups in total. The normalized spacial score (nSPS) is 11.1. The number of halogens is 2. The first-order valence-electron chi connectivity index (χ1n) is 6.30. The van der Waals surface area contributed by atoms with Crippen molar-refractivity contribution >= 4 is 0 Å². The van der Waals surface area contributed by atoms with E-state index >= 15 is 0 Å². The summed E-state index contributed by atoms with van der Waals surface area (Å²) in [6.07, 6.45) is 2.00. The number of alkyl halides is 2. The molecule has 3 heterocycles. The zero-order valence-corrected chi connectivity index (χ0v) is 11.5. The summed E-state index contributed by atoms with van der Waals surface area (Å²) in [5.74, 6) is -0.0756. The van der Waals surface area contributed by atoms with Gasteiger partial charge in [-0.25, -0.2) is 0 Å². The fraction of sp³-hybridized carbons (Fsp3) is 0.231. The Labute approximate surface area is 123 Å². The standard InChI is InChI=1S/C13H11F2N5O2/c1-20-6-10(5-17-20)21-7-9-3-2-8(4-16-9)12-18-19-13(22-12)11(14)15/h2-6,11H,7H2,1H3. The monoisotopic (exact) mass is 307 g/mol. The zero-order chi connectivity index (χ0) is 15.5. The molecule has 0 saturated heterocycles. The van der Waals surface area contributed by atoms with Gasteiger partial charge in [-0.05, 0) is 12.1 Å². The molecule has 0 aliphatic rings. The van der Waals surface area contributed by atoms with E-state index in [2.05, 4.69) is 20.3 Å². The summed E-state index contributed by atoms with van der Waals surface area (Å²) >= 11 is 0. The Hall–Kier alpha value is -2.84. The van der Waals surface area contributed by atoms with E-state index in [-0.39, 0.29) is 12.5 Å². The molecule has 9 heteroatoms. The molecule has 7 nitrogen and oxygen atoms in total. The van der Waals surface area contributed by atoms with Gasteiger partial charge in [-0.15, -0.1) is 10.2 Å². The SMILES string of the molecule is Cn1cc(OCc2ccc(-c3nnc(C(F)F)o3)cn2)cn1. The maximum absolute atomic E-state index is 12.4. The topological polar surface area (TPSA) is 78.9 Å². The summed E-state index contributed by atoms with van der Waals surface area (Å²) in [5, 5.41) is 10.8. The fourth-order valence-corrected chi connectivity index (χ4v) is 1.71. The van der Waals surface area contributed by atoms with E-state index in [1.165, 1.54) is 6.20 Å². The minimum Gasteiger partial charge on any atom is -0.484 e. The third kappa shape index (κ3) is 3.08. The van der Waals surface area contributed by atoms with Crippen LogP contribution in [0.4, 0.5) is 8.78 Å². The first-order valence-corrected chi connectivity index (χ1v) is 6.30. The Bertz CT molecular complexity index is 754. The Morgan fingerprint density at radius 3 is 2.73 bits per heavy atom. The molecule has 0 bridgehead atoms. The van der Waals surface area contributed by atoms with Crippen molar-refractivity contribution < 1.29 is 17.9 Å². The summed E-state index contributed by atoms with van der Waals surface area (Å²) in [6, 6.07) is 3.34. The van der Waals surface area contributed by atoms with Gasteiger partial charge < -0.3 is 9.15 Å². The van der Waals surface area contributed by atoms with Gasteiger partial charge in [0, 0.05) is 13.2 Å². The highest BCUT2D eigenvalue weighted by molar-refractivity contribution is 5.50. The third-order valence-corrected chi connectivity index (χ3v) is 2.77. The molecule has 0 atom stereocenters. The Kier molecular flexibility index (Phi) is 3.77. The van der Waals surface area contributed by atoms with Gasteiger partial charge in [0.1, 0.15) is 6.61 Å². The first kappa shape index (κ1) is 14.1. The van der Waals surface area contributed by atoms with Crippen LogP contribution in [0.1, 0.15) is 18.0 Å². The van der Waals surface area contributed by atoms with Gasteiger partial charge in [0.2, 0.25) is 5.89 Å². The van der Waals surface area contributed by atoms with Crippen molar-refractivity contribution in [3.8, 4) is 17.2 Å². The van der Waals surface area contributed by atoms with E-state index in [1.807, 2.05) is 0 Å². The van der Waals surface area contributed by atoms with Crippen molar-refractivity contribution in [3.05, 3.63) is 42.3 Å². The number of ether oxygens (including phenoxy) is 1. The summed E-state index contributed by atoms with van der Waals surface area (Å²) in [6.45, 7) is 0.262. The number of hydrogen-bond acceptors (Lipinski definition) is 6. The second kappa shape index (κ2) is 5.88. The van der Waals surface area contributed by atoms with Crippen LogP contribution in [0, 0.1) is 0 Å². The average Bonchev–Trinajstić information content (AvgIpc) is 3.15. The van der Waals surface area contributed by atoms with Crippen LogP contribution in [0.2, 0.25) is 0 Å². The lowest BCUT2D eigenvalue weighted by atomic mass is 10.2. The number of hydrogen-bond donors (Lipinski definition) is 0. The van der Waals surface area contributed by atoms with Gasteiger partial charge in [-0.2, -0.15) is 13.9 Å². The van der Waals surface area contributed by atoms with Crippen LogP contribution >= 0.6 is 0 Å². The van der Waals surface area contributed by atoms with Gasteiger partial charge in [0.25, 0.3) is 5.89 Å². The number of nitrogens with zero attached hydrogens (tertiary/aromatic N) is 5. The second-order valence-corrected chi connectivity index (χ2v) is 4.42. The van der Waals surface area contributed by atoms with Crippen LogP contribution in [0.25, 0.3) is 11.5 Å². The maximum Gasteiger partial charge on any atom is 0.314 e. The van der Waals surface area contributed by atoms with Crippen molar-refractivity contribution in [2.24, 2.45) is 7.05 Å². The van der Waals surface area contributed by atoms with Crippen LogP contribution in [0.3, 0.4) is 0 Å². The Morgan fingerprint density at radius 2 is 2.14 bits per heavy atom. The van der Waals surface area contributed by atoms with E-state index in [0.29, 0.717) is 17.0 Å². The smallest absolute Gasteiger partial charge is 0.314 e. The lowest BCUT2D eigenvalue weighted by molar-refractivity contribution is 0.116. The molecule has 3 rings (SSSR count). The molecule has 0 aromatic carbocycles. The molecule has 0 fully saturated rings. The van der Waals surface area contributed by atoms with Crippen LogP contribution in [-0.4, -0.2) is 25.0 Å². The van der Waals surface area contributed by atoms with Gasteiger partial charge >= 0.3 is 6.43 Å². The molecule has 0 spiro atoms. The Balaban J connectivity index is 1.66. The molecular formula is C13H11F2N5O2. The summed E-state index contributed by atoms with van der Waals surface area (Å²) < 4.78 is 36.7. The third-order valence-electron chi connectivity index (χ3n) is 2.77. The van der Waals surface area contributed by atoms with Crippen molar-refractivity contribution in [1.82, 2.24) is 25.0 Å². The summed E-state index contributed by atoms with van der Waals surface area (Å²) in [5.41, 5.74) is 1.13. The predicted molar refractivity (Wildman–Crippen MR) is 70.0 cm³/mol. The van der Waals surface area contributed by atoms with Crippen LogP contribution in [0.15, 0.2) is 35.1 Å². The highest BCUT2D eigenvalue weighted by Crippen LogP contribution is 2.22. The van der Waals surface area contributed by atoms with Gasteiger partial charge in [0.05, 0.1) is 23.7 Å². The molecule has 0 aliphatic carbocycles. The molecule has 0 aliphatic heterocycles. The van der Waals surface area contributed by atoms with Crippen molar-refractivity contribution in [2.75, 3.05) is 0 Å². The molecule has 0 saturated carbocycles.